The van der Waals surface area contributed by atoms with Crippen LogP contribution in [-0.2, 0) is 4.79 Å². The lowest BCUT2D eigenvalue weighted by atomic mass is 9.47. The first-order chi connectivity index (χ1) is 19.7. The summed E-state index contributed by atoms with van der Waals surface area (Å²) in [5, 5.41) is 15.2. The van der Waals surface area contributed by atoms with Crippen LogP contribution in [0.25, 0.3) is 26.9 Å². The Labute approximate surface area is 243 Å². The molecule has 0 radical (unpaired) electrons. The zero-order valence-corrected chi connectivity index (χ0v) is 23.7. The van der Waals surface area contributed by atoms with Crippen LogP contribution in [0.3, 0.4) is 0 Å². The number of benzene rings is 3. The summed E-state index contributed by atoms with van der Waals surface area (Å²) >= 11 is 6.54. The molecule has 6 rings (SSSR count). The molecule has 208 valence electrons. The first-order valence-electron chi connectivity index (χ1n) is 13.8. The number of carbonyl (C=O) groups excluding carboxylic acids is 1. The van der Waals surface area contributed by atoms with Crippen LogP contribution in [0.2, 0.25) is 5.02 Å². The molecular weight excluding hydrogens is 538 g/mol. The highest BCUT2D eigenvalue weighted by Crippen LogP contribution is 2.62. The Morgan fingerprint density at radius 3 is 2.51 bits per heavy atom. The van der Waals surface area contributed by atoms with E-state index >= 15 is 0 Å². The average molecular weight is 568 g/mol. The van der Waals surface area contributed by atoms with Gasteiger partial charge in [-0.25, -0.2) is 4.85 Å². The van der Waals surface area contributed by atoms with E-state index in [1.165, 1.54) is 0 Å². The van der Waals surface area contributed by atoms with Crippen molar-refractivity contribution in [3.63, 3.8) is 0 Å². The van der Waals surface area contributed by atoms with Crippen molar-refractivity contribution >= 4 is 39.9 Å². The molecule has 4 aromatic rings. The SMILES string of the molecule is [C-]#[N+]c1cc(OC)cc(-c2ccc(C(C)n3ncc4c(Cl)ccc(C(=O)CC5CC6(C5)CC(C(=O)O)C6)c43)cc2)c1. The molecule has 1 atom stereocenters. The van der Waals surface area contributed by atoms with Gasteiger partial charge < -0.3 is 9.84 Å². The first kappa shape index (κ1) is 27.0. The van der Waals surface area contributed by atoms with Gasteiger partial charge >= 0.3 is 5.97 Å². The van der Waals surface area contributed by atoms with Gasteiger partial charge in [-0.2, -0.15) is 5.10 Å². The van der Waals surface area contributed by atoms with Crippen molar-refractivity contribution in [3.05, 3.63) is 88.4 Å². The summed E-state index contributed by atoms with van der Waals surface area (Å²) < 4.78 is 7.24. The summed E-state index contributed by atoms with van der Waals surface area (Å²) in [5.41, 5.74) is 4.88. The molecule has 1 heterocycles. The number of carboxylic acid groups (broad SMARTS) is 1. The van der Waals surface area contributed by atoms with Gasteiger partial charge in [0.15, 0.2) is 11.5 Å². The van der Waals surface area contributed by atoms with E-state index in [2.05, 4.69) is 9.94 Å². The van der Waals surface area contributed by atoms with Gasteiger partial charge in [0.1, 0.15) is 5.75 Å². The molecular formula is C33H30ClN3O4. The number of hydrogen-bond acceptors (Lipinski definition) is 4. The number of carbonyl (C=O) groups is 2. The van der Waals surface area contributed by atoms with Crippen molar-refractivity contribution in [2.45, 2.75) is 45.1 Å². The Morgan fingerprint density at radius 2 is 1.85 bits per heavy atom. The van der Waals surface area contributed by atoms with Gasteiger partial charge in [-0.3, -0.25) is 14.3 Å². The van der Waals surface area contributed by atoms with Crippen LogP contribution >= 0.6 is 11.6 Å². The van der Waals surface area contributed by atoms with E-state index < -0.39 is 5.97 Å². The molecule has 7 nitrogen and oxygen atoms in total. The monoisotopic (exact) mass is 567 g/mol. The normalized spacial score (nSPS) is 22.0. The number of fused-ring (bicyclic) bond motifs is 1. The highest BCUT2D eigenvalue weighted by atomic mass is 35.5. The van der Waals surface area contributed by atoms with Crippen molar-refractivity contribution in [1.82, 2.24) is 9.78 Å². The van der Waals surface area contributed by atoms with Crippen molar-refractivity contribution in [3.8, 4) is 16.9 Å². The number of hydrogen-bond donors (Lipinski definition) is 1. The number of methoxy groups -OCH3 is 1. The lowest BCUT2D eigenvalue weighted by Crippen LogP contribution is -2.50. The number of rotatable bonds is 8. The zero-order valence-electron chi connectivity index (χ0n) is 22.9. The molecule has 8 heteroatoms. The molecule has 0 aliphatic heterocycles. The third-order valence-corrected chi connectivity index (χ3v) is 9.31. The van der Waals surface area contributed by atoms with Gasteiger partial charge in [0.25, 0.3) is 0 Å². The Bertz CT molecular complexity index is 1710. The molecule has 2 aliphatic rings. The summed E-state index contributed by atoms with van der Waals surface area (Å²) in [6, 6.07) is 17.0. The predicted octanol–water partition coefficient (Wildman–Crippen LogP) is 7.99. The fourth-order valence-electron chi connectivity index (χ4n) is 6.85. The highest BCUT2D eigenvalue weighted by molar-refractivity contribution is 6.36. The van der Waals surface area contributed by atoms with Gasteiger partial charge in [0.2, 0.25) is 0 Å². The minimum atomic E-state index is -0.703. The molecule has 0 amide bonds. The number of nitrogens with zero attached hydrogens (tertiary/aromatic N) is 3. The second-order valence-corrected chi connectivity index (χ2v) is 12.0. The van der Waals surface area contributed by atoms with Crippen LogP contribution in [0.15, 0.2) is 60.8 Å². The van der Waals surface area contributed by atoms with Gasteiger partial charge in [-0.1, -0.05) is 35.9 Å². The summed E-state index contributed by atoms with van der Waals surface area (Å²) in [6.45, 7) is 9.43. The molecule has 1 unspecified atom stereocenters. The topological polar surface area (TPSA) is 85.8 Å². The average Bonchev–Trinajstić information content (AvgIpc) is 3.39. The molecule has 0 bridgehead atoms. The van der Waals surface area contributed by atoms with Crippen LogP contribution in [-0.4, -0.2) is 33.7 Å². The summed E-state index contributed by atoms with van der Waals surface area (Å²) in [5.74, 6) is 0.0598. The molecule has 2 aliphatic carbocycles. The Morgan fingerprint density at radius 1 is 1.12 bits per heavy atom. The minimum Gasteiger partial charge on any atom is -0.498 e. The Balaban J connectivity index is 1.23. The maximum absolute atomic E-state index is 13.6. The fraction of sp³-hybridized carbons (Fsp3) is 0.333. The van der Waals surface area contributed by atoms with Gasteiger partial charge in [-0.05, 0) is 91.0 Å². The zero-order chi connectivity index (χ0) is 28.9. The molecule has 2 saturated carbocycles. The number of carboxylic acids is 1. The maximum Gasteiger partial charge on any atom is 0.306 e. The van der Waals surface area contributed by atoms with E-state index in [4.69, 9.17) is 22.9 Å². The van der Waals surface area contributed by atoms with E-state index in [0.717, 1.165) is 53.3 Å². The van der Waals surface area contributed by atoms with Crippen LogP contribution in [0.5, 0.6) is 5.75 Å². The number of aliphatic carboxylic acids is 1. The Hall–Kier alpha value is -4.15. The predicted molar refractivity (Wildman–Crippen MR) is 158 cm³/mol. The van der Waals surface area contributed by atoms with E-state index in [1.54, 1.807) is 31.5 Å². The second-order valence-electron chi connectivity index (χ2n) is 11.6. The number of ether oxygens (including phenoxy) is 1. The van der Waals surface area contributed by atoms with Crippen LogP contribution in [0.1, 0.15) is 61.0 Å². The molecule has 3 aromatic carbocycles. The fourth-order valence-corrected chi connectivity index (χ4v) is 7.05. The summed E-state index contributed by atoms with van der Waals surface area (Å²) in [7, 11) is 1.59. The lowest BCUT2D eigenvalue weighted by molar-refractivity contribution is -0.157. The van der Waals surface area contributed by atoms with Gasteiger partial charge in [0, 0.05) is 17.4 Å². The summed E-state index contributed by atoms with van der Waals surface area (Å²) in [4.78, 5) is 28.3. The number of aromatic nitrogens is 2. The summed E-state index contributed by atoms with van der Waals surface area (Å²) in [6.07, 6.45) is 5.48. The van der Waals surface area contributed by atoms with Crippen molar-refractivity contribution in [2.75, 3.05) is 7.11 Å². The highest BCUT2D eigenvalue weighted by Gasteiger charge is 2.54. The van der Waals surface area contributed by atoms with Crippen molar-refractivity contribution < 1.29 is 19.4 Å². The smallest absolute Gasteiger partial charge is 0.306 e. The van der Waals surface area contributed by atoms with Crippen molar-refractivity contribution in [1.29, 1.82) is 0 Å². The van der Waals surface area contributed by atoms with Crippen LogP contribution in [0.4, 0.5) is 5.69 Å². The first-order valence-corrected chi connectivity index (χ1v) is 14.2. The van der Waals surface area contributed by atoms with E-state index in [-0.39, 0.29) is 29.1 Å². The molecule has 1 spiro atoms. The molecule has 0 saturated heterocycles. The molecule has 2 fully saturated rings. The third kappa shape index (κ3) is 4.87. The van der Waals surface area contributed by atoms with Crippen LogP contribution < -0.4 is 4.74 Å². The third-order valence-electron chi connectivity index (χ3n) is 8.98. The Kier molecular flexibility index (Phi) is 6.83. The van der Waals surface area contributed by atoms with Crippen LogP contribution in [0, 0.1) is 23.8 Å². The molecule has 1 N–H and O–H groups in total. The van der Waals surface area contributed by atoms with Gasteiger partial charge in [0.05, 0.1) is 42.4 Å². The standard InChI is InChI=1S/C33H30ClN3O4/c1-19(21-4-6-22(7-5-21)23-11-25(35-2)13-26(12-23)41-3)37-31-27(8-9-29(34)28(31)18-36-37)30(38)10-20-14-33(15-20)16-24(17-33)32(39)40/h4-9,11-13,18-20,24H,10,14-17H2,1,3H3,(H,39,40). The maximum atomic E-state index is 13.6. The number of ketones is 1. The lowest BCUT2D eigenvalue weighted by Gasteiger charge is -2.56. The van der Waals surface area contributed by atoms with E-state index in [9.17, 15) is 14.7 Å². The molecule has 41 heavy (non-hydrogen) atoms. The minimum absolute atomic E-state index is 0.0681. The molecule has 1 aromatic heterocycles. The number of Topliss-reactive ketones (excluding diaryl/α,β-unsaturated/α-hetero) is 1. The quantitative estimate of drug-likeness (QED) is 0.172. The van der Waals surface area contributed by atoms with Gasteiger partial charge in [-0.15, -0.1) is 0 Å². The largest absolute Gasteiger partial charge is 0.498 e. The second kappa shape index (κ2) is 10.4. The number of halogens is 1. The van der Waals surface area contributed by atoms with E-state index in [0.29, 0.717) is 28.4 Å². The van der Waals surface area contributed by atoms with Crippen molar-refractivity contribution in [2.24, 2.45) is 17.3 Å². The van der Waals surface area contributed by atoms with E-state index in [1.807, 2.05) is 48.0 Å².